The molecule has 1 N–H and O–H groups in total. The van der Waals surface area contributed by atoms with Crippen LogP contribution in [0.15, 0.2) is 66.7 Å². The molecule has 0 aliphatic heterocycles. The zero-order valence-corrected chi connectivity index (χ0v) is 15.0. The van der Waals surface area contributed by atoms with Crippen molar-refractivity contribution < 1.29 is 4.21 Å². The van der Waals surface area contributed by atoms with Crippen molar-refractivity contribution in [2.75, 3.05) is 11.6 Å². The molecule has 4 rings (SSSR count). The Hall–Kier alpha value is -3.06. The molecule has 0 saturated heterocycles. The minimum atomic E-state index is -0.873. The summed E-state index contributed by atoms with van der Waals surface area (Å²) < 4.78 is 13.2. The maximum absolute atomic E-state index is 11.4. The predicted molar refractivity (Wildman–Crippen MR) is 104 cm³/mol. The molecule has 4 aromatic rings. The van der Waals surface area contributed by atoms with Crippen LogP contribution in [0, 0.1) is 0 Å². The Morgan fingerprint density at radius 1 is 1.00 bits per heavy atom. The molecule has 1 atom stereocenters. The van der Waals surface area contributed by atoms with Crippen molar-refractivity contribution in [3.63, 3.8) is 0 Å². The SMILES string of the molecule is CS(=O)Cc1cccc(Nc2ccc3nnc(-c4ccccc4)n3n2)c1. The molecular weight excluding hydrogens is 346 g/mol. The average Bonchev–Trinajstić information content (AvgIpc) is 3.05. The molecule has 0 radical (unpaired) electrons. The lowest BCUT2D eigenvalue weighted by atomic mass is 10.2. The predicted octanol–water partition coefficient (Wildman–Crippen LogP) is 3.41. The third kappa shape index (κ3) is 3.48. The molecule has 0 aliphatic carbocycles. The van der Waals surface area contributed by atoms with E-state index in [4.69, 9.17) is 0 Å². The second-order valence-electron chi connectivity index (χ2n) is 5.92. The van der Waals surface area contributed by atoms with Gasteiger partial charge in [0.1, 0.15) is 0 Å². The van der Waals surface area contributed by atoms with Crippen LogP contribution in [-0.2, 0) is 16.6 Å². The standard InChI is InChI=1S/C19H17N5OS/c1-26(25)13-14-6-5-9-16(12-14)20-17-10-11-18-21-22-19(24(18)23-17)15-7-3-2-4-8-15/h2-12H,13H2,1H3,(H,20,23). The first-order valence-corrected chi connectivity index (χ1v) is 9.86. The number of benzene rings is 2. The Balaban J connectivity index is 1.67. The zero-order chi connectivity index (χ0) is 17.9. The fourth-order valence-corrected chi connectivity index (χ4v) is 3.39. The number of aromatic nitrogens is 4. The molecule has 130 valence electrons. The molecule has 0 fully saturated rings. The highest BCUT2D eigenvalue weighted by atomic mass is 32.2. The Labute approximate surface area is 153 Å². The Morgan fingerprint density at radius 2 is 1.85 bits per heavy atom. The van der Waals surface area contributed by atoms with E-state index in [1.165, 1.54) is 0 Å². The smallest absolute Gasteiger partial charge is 0.185 e. The van der Waals surface area contributed by atoms with E-state index in [2.05, 4.69) is 20.6 Å². The van der Waals surface area contributed by atoms with Gasteiger partial charge in [-0.15, -0.1) is 15.3 Å². The van der Waals surface area contributed by atoms with E-state index in [9.17, 15) is 4.21 Å². The van der Waals surface area contributed by atoms with E-state index in [1.807, 2.05) is 66.7 Å². The molecule has 6 nitrogen and oxygen atoms in total. The second kappa shape index (κ2) is 7.05. The van der Waals surface area contributed by atoms with Crippen LogP contribution < -0.4 is 5.32 Å². The van der Waals surface area contributed by atoms with Gasteiger partial charge in [0.2, 0.25) is 0 Å². The summed E-state index contributed by atoms with van der Waals surface area (Å²) in [6.07, 6.45) is 1.70. The lowest BCUT2D eigenvalue weighted by Crippen LogP contribution is -2.01. The molecule has 0 amide bonds. The highest BCUT2D eigenvalue weighted by Crippen LogP contribution is 2.20. The topological polar surface area (TPSA) is 72.2 Å². The summed E-state index contributed by atoms with van der Waals surface area (Å²) in [5.41, 5.74) is 3.56. The molecular formula is C19H17N5OS. The first-order chi connectivity index (χ1) is 12.7. The van der Waals surface area contributed by atoms with Gasteiger partial charge in [0.15, 0.2) is 17.3 Å². The lowest BCUT2D eigenvalue weighted by molar-refractivity contribution is 0.686. The highest BCUT2D eigenvalue weighted by Gasteiger charge is 2.10. The number of fused-ring (bicyclic) bond motifs is 1. The van der Waals surface area contributed by atoms with E-state index in [1.54, 1.807) is 10.8 Å². The van der Waals surface area contributed by atoms with E-state index >= 15 is 0 Å². The summed E-state index contributed by atoms with van der Waals surface area (Å²) in [5.74, 6) is 1.91. The van der Waals surface area contributed by atoms with Crippen LogP contribution in [-0.4, -0.2) is 30.3 Å². The van der Waals surface area contributed by atoms with E-state index in [-0.39, 0.29) is 0 Å². The summed E-state index contributed by atoms with van der Waals surface area (Å²) in [4.78, 5) is 0. The zero-order valence-electron chi connectivity index (χ0n) is 14.2. The van der Waals surface area contributed by atoms with Crippen LogP contribution in [0.5, 0.6) is 0 Å². The summed E-state index contributed by atoms with van der Waals surface area (Å²) in [5, 5.41) is 16.3. The number of nitrogens with one attached hydrogen (secondary N) is 1. The first kappa shape index (κ1) is 16.4. The fraction of sp³-hybridized carbons (Fsp3) is 0.105. The Morgan fingerprint density at radius 3 is 2.65 bits per heavy atom. The molecule has 0 bridgehead atoms. The van der Waals surface area contributed by atoms with Crippen molar-refractivity contribution in [2.24, 2.45) is 0 Å². The van der Waals surface area contributed by atoms with Crippen molar-refractivity contribution in [1.82, 2.24) is 19.8 Å². The maximum Gasteiger partial charge on any atom is 0.185 e. The van der Waals surface area contributed by atoms with Gasteiger partial charge in [-0.05, 0) is 29.8 Å². The molecule has 1 unspecified atom stereocenters. The number of hydrogen-bond acceptors (Lipinski definition) is 5. The van der Waals surface area contributed by atoms with Gasteiger partial charge in [-0.1, -0.05) is 42.5 Å². The summed E-state index contributed by atoms with van der Waals surface area (Å²) in [6.45, 7) is 0. The summed E-state index contributed by atoms with van der Waals surface area (Å²) >= 11 is 0. The number of anilines is 2. The quantitative estimate of drug-likeness (QED) is 0.588. The average molecular weight is 363 g/mol. The molecule has 0 saturated carbocycles. The van der Waals surface area contributed by atoms with Gasteiger partial charge in [0.25, 0.3) is 0 Å². The molecule has 2 aromatic heterocycles. The van der Waals surface area contributed by atoms with Crippen LogP contribution in [0.4, 0.5) is 11.5 Å². The Kier molecular flexibility index (Phi) is 4.45. The molecule has 2 heterocycles. The summed E-state index contributed by atoms with van der Waals surface area (Å²) in [7, 11) is -0.873. The molecule has 0 spiro atoms. The number of hydrogen-bond donors (Lipinski definition) is 1. The van der Waals surface area contributed by atoms with Gasteiger partial charge in [0.05, 0.1) is 0 Å². The monoisotopic (exact) mass is 363 g/mol. The van der Waals surface area contributed by atoms with Crippen LogP contribution in [0.2, 0.25) is 0 Å². The van der Waals surface area contributed by atoms with E-state index in [0.29, 0.717) is 23.0 Å². The molecule has 0 aliphatic rings. The third-order valence-electron chi connectivity index (χ3n) is 3.86. The molecule has 2 aromatic carbocycles. The molecule has 26 heavy (non-hydrogen) atoms. The Bertz CT molecular complexity index is 1080. The third-order valence-corrected chi connectivity index (χ3v) is 4.60. The maximum atomic E-state index is 11.4. The summed E-state index contributed by atoms with van der Waals surface area (Å²) in [6, 6.07) is 21.4. The van der Waals surface area contributed by atoms with E-state index in [0.717, 1.165) is 16.8 Å². The number of nitrogens with zero attached hydrogens (tertiary/aromatic N) is 4. The normalized spacial score (nSPS) is 12.2. The molecule has 7 heteroatoms. The first-order valence-electron chi connectivity index (χ1n) is 8.13. The lowest BCUT2D eigenvalue weighted by Gasteiger charge is -2.08. The fourth-order valence-electron chi connectivity index (χ4n) is 2.74. The van der Waals surface area contributed by atoms with Gasteiger partial charge in [-0.25, -0.2) is 0 Å². The van der Waals surface area contributed by atoms with Crippen LogP contribution >= 0.6 is 0 Å². The van der Waals surface area contributed by atoms with Gasteiger partial charge in [-0.3, -0.25) is 4.21 Å². The van der Waals surface area contributed by atoms with Crippen LogP contribution in [0.1, 0.15) is 5.56 Å². The highest BCUT2D eigenvalue weighted by molar-refractivity contribution is 7.83. The van der Waals surface area contributed by atoms with Gasteiger partial charge >= 0.3 is 0 Å². The minimum absolute atomic E-state index is 0.533. The van der Waals surface area contributed by atoms with Crippen molar-refractivity contribution in [1.29, 1.82) is 0 Å². The minimum Gasteiger partial charge on any atom is -0.339 e. The van der Waals surface area contributed by atoms with Crippen molar-refractivity contribution in [3.8, 4) is 11.4 Å². The second-order valence-corrected chi connectivity index (χ2v) is 7.36. The van der Waals surface area contributed by atoms with Crippen molar-refractivity contribution in [2.45, 2.75) is 5.75 Å². The van der Waals surface area contributed by atoms with Crippen molar-refractivity contribution >= 4 is 28.0 Å². The van der Waals surface area contributed by atoms with Crippen molar-refractivity contribution in [3.05, 3.63) is 72.3 Å². The number of rotatable bonds is 5. The largest absolute Gasteiger partial charge is 0.339 e. The van der Waals surface area contributed by atoms with Gasteiger partial charge in [0, 0.05) is 34.1 Å². The van der Waals surface area contributed by atoms with E-state index < -0.39 is 10.8 Å². The van der Waals surface area contributed by atoms with Gasteiger partial charge in [-0.2, -0.15) is 4.52 Å². The van der Waals surface area contributed by atoms with Crippen LogP contribution in [0.3, 0.4) is 0 Å². The van der Waals surface area contributed by atoms with Crippen LogP contribution in [0.25, 0.3) is 17.0 Å². The van der Waals surface area contributed by atoms with Gasteiger partial charge < -0.3 is 5.32 Å².